The van der Waals surface area contributed by atoms with Gasteiger partial charge in [0.25, 0.3) is 0 Å². The summed E-state index contributed by atoms with van der Waals surface area (Å²) >= 11 is 0. The molecule has 16 heavy (non-hydrogen) atoms. The maximum atomic E-state index is 10.8. The summed E-state index contributed by atoms with van der Waals surface area (Å²) in [7, 11) is 0. The lowest BCUT2D eigenvalue weighted by Gasteiger charge is -2.13. The van der Waals surface area contributed by atoms with Crippen LogP contribution in [0.2, 0.25) is 0 Å². The highest BCUT2D eigenvalue weighted by Gasteiger charge is 2.14. The standard InChI is InChI=1S/C10H10N4O2/c1-7(10(15)16)14-9(11-12-13-14)8-5-3-2-4-6-8/h2-7H,1H3,(H,15,16)/p-1. The SMILES string of the molecule is CC(C(=O)[O-])n1nnnc1-c1ccccc1. The molecule has 0 saturated carbocycles. The number of benzene rings is 1. The maximum Gasteiger partial charge on any atom is 0.182 e. The Morgan fingerprint density at radius 3 is 2.69 bits per heavy atom. The van der Waals surface area contributed by atoms with Crippen molar-refractivity contribution in [3.63, 3.8) is 0 Å². The van der Waals surface area contributed by atoms with Gasteiger partial charge in [0.2, 0.25) is 0 Å². The van der Waals surface area contributed by atoms with Crippen LogP contribution in [0.25, 0.3) is 11.4 Å². The zero-order chi connectivity index (χ0) is 11.5. The molecule has 0 aliphatic rings. The van der Waals surface area contributed by atoms with Crippen LogP contribution in [0.1, 0.15) is 13.0 Å². The van der Waals surface area contributed by atoms with E-state index < -0.39 is 12.0 Å². The predicted molar refractivity (Wildman–Crippen MR) is 53.0 cm³/mol. The zero-order valence-corrected chi connectivity index (χ0v) is 8.57. The van der Waals surface area contributed by atoms with Crippen molar-refractivity contribution in [2.24, 2.45) is 0 Å². The molecule has 82 valence electrons. The summed E-state index contributed by atoms with van der Waals surface area (Å²) in [5.41, 5.74) is 0.764. The molecule has 0 saturated heterocycles. The number of carboxylic acid groups (broad SMARTS) is 1. The quantitative estimate of drug-likeness (QED) is 0.701. The fourth-order valence-electron chi connectivity index (χ4n) is 1.33. The Morgan fingerprint density at radius 1 is 1.38 bits per heavy atom. The molecule has 2 rings (SSSR count). The first kappa shape index (κ1) is 10.3. The first-order valence-corrected chi connectivity index (χ1v) is 4.74. The van der Waals surface area contributed by atoms with Gasteiger partial charge in [-0.15, -0.1) is 5.10 Å². The maximum absolute atomic E-state index is 10.8. The van der Waals surface area contributed by atoms with Crippen LogP contribution < -0.4 is 5.11 Å². The number of rotatable bonds is 3. The molecule has 0 fully saturated rings. The summed E-state index contributed by atoms with van der Waals surface area (Å²) in [5.74, 6) is -0.804. The van der Waals surface area contributed by atoms with E-state index in [1.807, 2.05) is 30.3 Å². The van der Waals surface area contributed by atoms with E-state index in [1.54, 1.807) is 0 Å². The van der Waals surface area contributed by atoms with Gasteiger partial charge in [-0.3, -0.25) is 0 Å². The smallest absolute Gasteiger partial charge is 0.182 e. The average molecular weight is 217 g/mol. The Balaban J connectivity index is 2.44. The number of carbonyl (C=O) groups excluding carboxylic acids is 1. The van der Waals surface area contributed by atoms with Crippen molar-refractivity contribution in [2.45, 2.75) is 13.0 Å². The van der Waals surface area contributed by atoms with Crippen LogP contribution in [0.4, 0.5) is 0 Å². The molecule has 0 bridgehead atoms. The van der Waals surface area contributed by atoms with Crippen molar-refractivity contribution in [3.8, 4) is 11.4 Å². The molecule has 6 nitrogen and oxygen atoms in total. The number of carbonyl (C=O) groups is 1. The fraction of sp³-hybridized carbons (Fsp3) is 0.200. The Bertz CT molecular complexity index is 495. The Morgan fingerprint density at radius 2 is 2.06 bits per heavy atom. The van der Waals surface area contributed by atoms with Gasteiger partial charge in [0.15, 0.2) is 5.82 Å². The van der Waals surface area contributed by atoms with Crippen LogP contribution in [0.5, 0.6) is 0 Å². The van der Waals surface area contributed by atoms with Crippen molar-refractivity contribution >= 4 is 5.97 Å². The van der Waals surface area contributed by atoms with Crippen molar-refractivity contribution in [2.75, 3.05) is 0 Å². The van der Waals surface area contributed by atoms with Crippen LogP contribution in [-0.2, 0) is 4.79 Å². The highest BCUT2D eigenvalue weighted by atomic mass is 16.4. The summed E-state index contributed by atoms with van der Waals surface area (Å²) < 4.78 is 1.23. The second-order valence-electron chi connectivity index (χ2n) is 3.31. The third-order valence-electron chi connectivity index (χ3n) is 2.23. The number of aromatic nitrogens is 4. The highest BCUT2D eigenvalue weighted by Crippen LogP contribution is 2.17. The Hall–Kier alpha value is -2.24. The van der Waals surface area contributed by atoms with E-state index in [0.717, 1.165) is 5.56 Å². The molecular weight excluding hydrogens is 208 g/mol. The lowest BCUT2D eigenvalue weighted by atomic mass is 10.2. The summed E-state index contributed by atoms with van der Waals surface area (Å²) in [6.45, 7) is 1.47. The van der Waals surface area contributed by atoms with Gasteiger partial charge in [-0.05, 0) is 17.4 Å². The molecule has 0 radical (unpaired) electrons. The molecule has 0 N–H and O–H groups in total. The van der Waals surface area contributed by atoms with Crippen LogP contribution in [0.15, 0.2) is 30.3 Å². The molecule has 6 heteroatoms. The fourth-order valence-corrected chi connectivity index (χ4v) is 1.33. The molecule has 1 atom stereocenters. The van der Waals surface area contributed by atoms with Gasteiger partial charge in [-0.2, -0.15) is 0 Å². The third kappa shape index (κ3) is 1.77. The largest absolute Gasteiger partial charge is 0.548 e. The summed E-state index contributed by atoms with van der Waals surface area (Å²) in [4.78, 5) is 10.8. The number of nitrogens with zero attached hydrogens (tertiary/aromatic N) is 4. The van der Waals surface area contributed by atoms with Crippen molar-refractivity contribution in [1.82, 2.24) is 20.2 Å². The van der Waals surface area contributed by atoms with Crippen molar-refractivity contribution in [3.05, 3.63) is 30.3 Å². The lowest BCUT2D eigenvalue weighted by Crippen LogP contribution is -2.32. The van der Waals surface area contributed by atoms with Crippen LogP contribution >= 0.6 is 0 Å². The van der Waals surface area contributed by atoms with E-state index in [-0.39, 0.29) is 0 Å². The average Bonchev–Trinajstić information content (AvgIpc) is 2.77. The molecule has 2 aromatic rings. The van der Waals surface area contributed by atoms with Gasteiger partial charge in [0.1, 0.15) is 0 Å². The second-order valence-corrected chi connectivity index (χ2v) is 3.31. The second kappa shape index (κ2) is 4.09. The number of hydrogen-bond donors (Lipinski definition) is 0. The molecular formula is C10H9N4O2-. The van der Waals surface area contributed by atoms with Gasteiger partial charge >= 0.3 is 0 Å². The summed E-state index contributed by atoms with van der Waals surface area (Å²) in [6, 6.07) is 8.25. The summed E-state index contributed by atoms with van der Waals surface area (Å²) in [6.07, 6.45) is 0. The van der Waals surface area contributed by atoms with Crippen LogP contribution in [0, 0.1) is 0 Å². The molecule has 1 aromatic carbocycles. The van der Waals surface area contributed by atoms with Gasteiger partial charge in [0, 0.05) is 5.56 Å². The normalized spacial score (nSPS) is 12.3. The summed E-state index contributed by atoms with van der Waals surface area (Å²) in [5, 5.41) is 21.7. The van der Waals surface area contributed by atoms with Gasteiger partial charge in [-0.1, -0.05) is 30.3 Å². The zero-order valence-electron chi connectivity index (χ0n) is 8.57. The Labute approximate surface area is 91.5 Å². The topological polar surface area (TPSA) is 83.7 Å². The monoisotopic (exact) mass is 217 g/mol. The minimum atomic E-state index is -1.22. The van der Waals surface area contributed by atoms with E-state index in [2.05, 4.69) is 15.5 Å². The minimum Gasteiger partial charge on any atom is -0.548 e. The van der Waals surface area contributed by atoms with E-state index in [0.29, 0.717) is 5.82 Å². The molecule has 0 aliphatic carbocycles. The highest BCUT2D eigenvalue weighted by molar-refractivity contribution is 5.70. The molecule has 0 amide bonds. The van der Waals surface area contributed by atoms with E-state index in [9.17, 15) is 9.90 Å². The van der Waals surface area contributed by atoms with Crippen LogP contribution in [0.3, 0.4) is 0 Å². The van der Waals surface area contributed by atoms with E-state index in [1.165, 1.54) is 11.6 Å². The number of aliphatic carboxylic acids is 1. The number of carboxylic acids is 1. The van der Waals surface area contributed by atoms with Gasteiger partial charge in [-0.25, -0.2) is 4.68 Å². The molecule has 0 spiro atoms. The third-order valence-corrected chi connectivity index (χ3v) is 2.23. The molecule has 1 unspecified atom stereocenters. The van der Waals surface area contributed by atoms with Crippen molar-refractivity contribution < 1.29 is 9.90 Å². The number of hydrogen-bond acceptors (Lipinski definition) is 5. The van der Waals surface area contributed by atoms with Gasteiger partial charge in [0.05, 0.1) is 12.0 Å². The number of tetrazole rings is 1. The van der Waals surface area contributed by atoms with Crippen LogP contribution in [-0.4, -0.2) is 26.2 Å². The lowest BCUT2D eigenvalue weighted by molar-refractivity contribution is -0.310. The Kier molecular flexibility index (Phi) is 2.63. The predicted octanol–water partition coefficient (Wildman–Crippen LogP) is -0.349. The van der Waals surface area contributed by atoms with E-state index >= 15 is 0 Å². The molecule has 0 aliphatic heterocycles. The first-order chi connectivity index (χ1) is 7.70. The first-order valence-electron chi connectivity index (χ1n) is 4.74. The minimum absolute atomic E-state index is 0.414. The molecule has 1 aromatic heterocycles. The van der Waals surface area contributed by atoms with Gasteiger partial charge < -0.3 is 9.90 Å². The molecule has 1 heterocycles. The van der Waals surface area contributed by atoms with Crippen molar-refractivity contribution in [1.29, 1.82) is 0 Å². The van der Waals surface area contributed by atoms with E-state index in [4.69, 9.17) is 0 Å².